The van der Waals surface area contributed by atoms with E-state index in [4.69, 9.17) is 4.74 Å². The third kappa shape index (κ3) is 3.28. The van der Waals surface area contributed by atoms with Gasteiger partial charge in [0, 0.05) is 19.2 Å². The number of benzene rings is 1. The Morgan fingerprint density at radius 3 is 2.84 bits per heavy atom. The second-order valence-electron chi connectivity index (χ2n) is 7.92. The molecule has 11 nitrogen and oxygen atoms in total. The van der Waals surface area contributed by atoms with Crippen molar-refractivity contribution in [3.05, 3.63) is 43.0 Å². The second-order valence-corrected chi connectivity index (χ2v) is 7.92. The normalized spacial score (nSPS) is 25.7. The van der Waals surface area contributed by atoms with Crippen molar-refractivity contribution >= 4 is 28.0 Å². The number of hydrogen-bond donors (Lipinski definition) is 4. The van der Waals surface area contributed by atoms with Gasteiger partial charge in [0.1, 0.15) is 30.0 Å². The number of ether oxygens (including phenoxy) is 1. The lowest BCUT2D eigenvalue weighted by molar-refractivity contribution is -0.0950. The fraction of sp³-hybridized carbons (Fsp3) is 0.400. The summed E-state index contributed by atoms with van der Waals surface area (Å²) in [5, 5.41) is 33.6. The first-order chi connectivity index (χ1) is 15.4. The maximum absolute atomic E-state index is 13.4. The molecule has 1 saturated heterocycles. The van der Waals surface area contributed by atoms with Gasteiger partial charge in [-0.05, 0) is 19.1 Å². The predicted octanol–water partition coefficient (Wildman–Crippen LogP) is 0.429. The Bertz CT molecular complexity index is 1270. The van der Waals surface area contributed by atoms with Crippen LogP contribution in [0.25, 0.3) is 22.2 Å². The summed E-state index contributed by atoms with van der Waals surface area (Å²) in [7, 11) is 0. The number of imidazole rings is 2. The minimum Gasteiger partial charge on any atom is -0.394 e. The van der Waals surface area contributed by atoms with Crippen molar-refractivity contribution in [1.29, 1.82) is 0 Å². The molecule has 168 valence electrons. The quantitative estimate of drug-likeness (QED) is 0.333. The Kier molecular flexibility index (Phi) is 5.01. The molecule has 32 heavy (non-hydrogen) atoms. The van der Waals surface area contributed by atoms with E-state index >= 15 is 0 Å². The van der Waals surface area contributed by atoms with E-state index in [-0.39, 0.29) is 5.82 Å². The average molecular weight is 443 g/mol. The van der Waals surface area contributed by atoms with Gasteiger partial charge >= 0.3 is 0 Å². The van der Waals surface area contributed by atoms with E-state index in [1.807, 2.05) is 4.57 Å². The van der Waals surface area contributed by atoms with Crippen molar-refractivity contribution in [3.63, 3.8) is 0 Å². The number of anilines is 1. The Balaban J connectivity index is 1.36. The maximum Gasteiger partial charge on any atom is 0.168 e. The lowest BCUT2D eigenvalue weighted by Crippen LogP contribution is -2.44. The Hall–Kier alpha value is -3.19. The van der Waals surface area contributed by atoms with Crippen LogP contribution >= 0.6 is 0 Å². The van der Waals surface area contributed by atoms with Gasteiger partial charge < -0.3 is 29.9 Å². The zero-order chi connectivity index (χ0) is 22.5. The van der Waals surface area contributed by atoms with E-state index in [1.165, 1.54) is 36.3 Å². The first-order valence-electron chi connectivity index (χ1n) is 10.1. The molecule has 4 aromatic rings. The molecule has 1 fully saturated rings. The van der Waals surface area contributed by atoms with Crippen molar-refractivity contribution in [2.75, 3.05) is 18.5 Å². The Labute approximate surface area is 181 Å². The fourth-order valence-corrected chi connectivity index (χ4v) is 4.05. The molecule has 1 aliphatic rings. The van der Waals surface area contributed by atoms with E-state index in [1.54, 1.807) is 12.4 Å². The molecule has 1 aliphatic heterocycles. The number of hydrogen-bond acceptors (Lipinski definition) is 9. The van der Waals surface area contributed by atoms with Crippen LogP contribution in [0.2, 0.25) is 0 Å². The van der Waals surface area contributed by atoms with Crippen molar-refractivity contribution in [2.45, 2.75) is 37.5 Å². The van der Waals surface area contributed by atoms with Crippen LogP contribution < -0.4 is 5.32 Å². The summed E-state index contributed by atoms with van der Waals surface area (Å²) < 4.78 is 22.4. The molecule has 4 heterocycles. The molecule has 0 saturated carbocycles. The Morgan fingerprint density at radius 2 is 2.06 bits per heavy atom. The summed E-state index contributed by atoms with van der Waals surface area (Å²) in [4.78, 5) is 17.1. The molecular formula is C20H22FN7O4. The van der Waals surface area contributed by atoms with E-state index in [2.05, 4.69) is 25.3 Å². The molecule has 1 aromatic carbocycles. The zero-order valence-electron chi connectivity index (χ0n) is 17.1. The monoisotopic (exact) mass is 443 g/mol. The van der Waals surface area contributed by atoms with Gasteiger partial charge in [-0.2, -0.15) is 0 Å². The molecule has 0 spiro atoms. The number of nitrogens with one attached hydrogen (secondary N) is 1. The van der Waals surface area contributed by atoms with Gasteiger partial charge in [-0.15, -0.1) is 0 Å². The summed E-state index contributed by atoms with van der Waals surface area (Å²) in [5.41, 5.74) is 0.623. The van der Waals surface area contributed by atoms with Gasteiger partial charge in [-0.3, -0.25) is 4.57 Å². The van der Waals surface area contributed by atoms with Crippen molar-refractivity contribution in [2.24, 2.45) is 0 Å². The van der Waals surface area contributed by atoms with E-state index in [0.29, 0.717) is 35.6 Å². The van der Waals surface area contributed by atoms with Crippen LogP contribution in [0.3, 0.4) is 0 Å². The third-order valence-corrected chi connectivity index (χ3v) is 5.77. The molecule has 5 rings (SSSR count). The molecule has 0 amide bonds. The highest BCUT2D eigenvalue weighted by atomic mass is 19.1. The lowest BCUT2D eigenvalue weighted by Gasteiger charge is -2.27. The first-order valence-corrected chi connectivity index (χ1v) is 10.1. The highest BCUT2D eigenvalue weighted by Gasteiger charge is 2.53. The van der Waals surface area contributed by atoms with Crippen LogP contribution in [0, 0.1) is 5.82 Å². The fourth-order valence-electron chi connectivity index (χ4n) is 4.05. The number of halogens is 1. The lowest BCUT2D eigenvalue weighted by atomic mass is 9.96. The van der Waals surface area contributed by atoms with E-state index < -0.39 is 30.6 Å². The van der Waals surface area contributed by atoms with Crippen molar-refractivity contribution < 1.29 is 24.4 Å². The second kappa shape index (κ2) is 7.74. The van der Waals surface area contributed by atoms with Gasteiger partial charge in [-0.1, -0.05) is 0 Å². The van der Waals surface area contributed by atoms with Gasteiger partial charge in [-0.25, -0.2) is 24.3 Å². The summed E-state index contributed by atoms with van der Waals surface area (Å²) in [5.74, 6) is 0.156. The number of aliphatic hydroxyl groups excluding tert-OH is 2. The molecule has 0 bridgehead atoms. The van der Waals surface area contributed by atoms with Gasteiger partial charge in [0.2, 0.25) is 0 Å². The van der Waals surface area contributed by atoms with Crippen LogP contribution in [0.1, 0.15) is 13.2 Å². The predicted molar refractivity (Wildman–Crippen MR) is 111 cm³/mol. The van der Waals surface area contributed by atoms with Crippen LogP contribution in [-0.4, -0.2) is 75.4 Å². The first kappa shape index (κ1) is 20.7. The number of nitrogens with zero attached hydrogens (tertiary/aromatic N) is 6. The molecule has 4 atom stereocenters. The summed E-state index contributed by atoms with van der Waals surface area (Å²) in [6, 6.07) is 4.47. The van der Waals surface area contributed by atoms with Crippen LogP contribution in [0.5, 0.6) is 0 Å². The van der Waals surface area contributed by atoms with E-state index in [0.717, 1.165) is 5.52 Å². The third-order valence-electron chi connectivity index (χ3n) is 5.77. The topological polar surface area (TPSA) is 143 Å². The van der Waals surface area contributed by atoms with Gasteiger partial charge in [0.15, 0.2) is 23.2 Å². The largest absolute Gasteiger partial charge is 0.394 e. The molecule has 3 aromatic heterocycles. The van der Waals surface area contributed by atoms with Crippen LogP contribution in [0.15, 0.2) is 37.2 Å². The molecule has 12 heteroatoms. The molecular weight excluding hydrogens is 421 g/mol. The molecule has 1 unspecified atom stereocenters. The minimum absolute atomic E-state index is 0.331. The SMILES string of the molecule is C[C@]1(O)C(n2cnc3c(NCCn4cnc5cc(F)ccc54)ncnc32)O[C@H](CO)[C@H]1O. The maximum atomic E-state index is 13.4. The zero-order valence-corrected chi connectivity index (χ0v) is 17.1. The minimum atomic E-state index is -1.65. The number of rotatable bonds is 6. The van der Waals surface area contributed by atoms with Crippen LogP contribution in [0.4, 0.5) is 10.2 Å². The van der Waals surface area contributed by atoms with Crippen LogP contribution in [-0.2, 0) is 11.3 Å². The van der Waals surface area contributed by atoms with Gasteiger partial charge in [0.25, 0.3) is 0 Å². The average Bonchev–Trinajstić information content (AvgIpc) is 3.43. The summed E-state index contributed by atoms with van der Waals surface area (Å²) >= 11 is 0. The summed E-state index contributed by atoms with van der Waals surface area (Å²) in [6.45, 7) is 2.05. The highest BCUT2D eigenvalue weighted by Crippen LogP contribution is 2.39. The van der Waals surface area contributed by atoms with E-state index in [9.17, 15) is 19.7 Å². The number of aromatic nitrogens is 6. The van der Waals surface area contributed by atoms with Crippen molar-refractivity contribution in [3.8, 4) is 0 Å². The molecule has 4 N–H and O–H groups in total. The molecule has 0 radical (unpaired) electrons. The molecule has 0 aliphatic carbocycles. The number of aliphatic hydroxyl groups is 3. The standard InChI is InChI=1S/C20H22FN7O4/c1-20(31)16(30)14(7-29)32-19(20)28-10-26-15-17(23-8-24-18(15)28)22-4-5-27-9-25-12-6-11(21)2-3-13(12)27/h2-3,6,8-10,14,16,19,29-31H,4-5,7H2,1H3,(H,22,23,24)/t14-,16-,19?,20-/m1/s1. The number of fused-ring (bicyclic) bond motifs is 2. The summed E-state index contributed by atoms with van der Waals surface area (Å²) in [6.07, 6.45) is 1.28. The van der Waals surface area contributed by atoms with Gasteiger partial charge in [0.05, 0.1) is 30.3 Å². The Morgan fingerprint density at radius 1 is 1.22 bits per heavy atom. The smallest absolute Gasteiger partial charge is 0.168 e. The highest BCUT2D eigenvalue weighted by molar-refractivity contribution is 5.82. The van der Waals surface area contributed by atoms with Crippen molar-refractivity contribution in [1.82, 2.24) is 29.1 Å².